The Morgan fingerprint density at radius 1 is 1.08 bits per heavy atom. The number of carbonyl (C=O) groups is 2. The first-order valence-corrected chi connectivity index (χ1v) is 13.4. The maximum atomic E-state index is 13.8. The van der Waals surface area contributed by atoms with Crippen LogP contribution in [0.4, 0.5) is 4.39 Å². The van der Waals surface area contributed by atoms with E-state index in [-0.39, 0.29) is 17.9 Å². The zero-order valence-electron chi connectivity index (χ0n) is 21.6. The molecule has 2 aliphatic heterocycles. The van der Waals surface area contributed by atoms with Gasteiger partial charge in [0.2, 0.25) is 5.91 Å². The second-order valence-corrected chi connectivity index (χ2v) is 10.9. The van der Waals surface area contributed by atoms with Crippen LogP contribution >= 0.6 is 0 Å². The van der Waals surface area contributed by atoms with E-state index in [9.17, 15) is 14.0 Å². The number of hydrogen-bond acceptors (Lipinski definition) is 3. The maximum Gasteiger partial charge on any atom is 0.253 e. The van der Waals surface area contributed by atoms with Gasteiger partial charge in [-0.15, -0.1) is 0 Å². The highest BCUT2D eigenvalue weighted by molar-refractivity contribution is 5.94. The lowest BCUT2D eigenvalue weighted by atomic mass is 9.73. The van der Waals surface area contributed by atoms with E-state index >= 15 is 0 Å². The summed E-state index contributed by atoms with van der Waals surface area (Å²) in [5.74, 6) is 0.843. The first-order valence-electron chi connectivity index (χ1n) is 13.4. The van der Waals surface area contributed by atoms with Gasteiger partial charge in [-0.25, -0.2) is 4.39 Å². The van der Waals surface area contributed by atoms with E-state index in [1.54, 1.807) is 17.0 Å². The molecular weight excluding hydrogens is 455 g/mol. The predicted octanol–water partition coefficient (Wildman–Crippen LogP) is 5.77. The second-order valence-electron chi connectivity index (χ2n) is 10.9. The third kappa shape index (κ3) is 6.45. The molecule has 2 aromatic carbocycles. The number of piperidine rings is 1. The first-order chi connectivity index (χ1) is 17.4. The number of benzene rings is 2. The molecule has 2 amide bonds. The first kappa shape index (κ1) is 26.2. The van der Waals surface area contributed by atoms with Crippen LogP contribution in [-0.2, 0) is 11.2 Å². The van der Waals surface area contributed by atoms with Crippen molar-refractivity contribution in [2.24, 2.45) is 11.3 Å². The number of ether oxygens (including phenoxy) is 1. The molecule has 1 N–H and O–H groups in total. The molecule has 194 valence electrons. The Hall–Kier alpha value is -2.89. The number of carbonyl (C=O) groups excluding carboxylic acids is 2. The third-order valence-electron chi connectivity index (χ3n) is 7.67. The van der Waals surface area contributed by atoms with Gasteiger partial charge in [0.25, 0.3) is 5.91 Å². The van der Waals surface area contributed by atoms with Crippen molar-refractivity contribution in [3.8, 4) is 5.75 Å². The van der Waals surface area contributed by atoms with Gasteiger partial charge >= 0.3 is 0 Å². The quantitative estimate of drug-likeness (QED) is 0.589. The lowest BCUT2D eigenvalue weighted by Crippen LogP contribution is -2.53. The highest BCUT2D eigenvalue weighted by atomic mass is 19.1. The molecule has 0 saturated carbocycles. The highest BCUT2D eigenvalue weighted by Gasteiger charge is 2.42. The Morgan fingerprint density at radius 3 is 2.61 bits per heavy atom. The van der Waals surface area contributed by atoms with Crippen LogP contribution in [0.5, 0.6) is 5.75 Å². The molecule has 2 aromatic rings. The molecule has 1 saturated heterocycles. The number of halogens is 1. The van der Waals surface area contributed by atoms with Crippen LogP contribution in [-0.4, -0.2) is 42.5 Å². The number of amides is 2. The van der Waals surface area contributed by atoms with Crippen molar-refractivity contribution in [2.45, 2.75) is 71.3 Å². The van der Waals surface area contributed by atoms with Crippen LogP contribution in [0.1, 0.15) is 74.7 Å². The smallest absolute Gasteiger partial charge is 0.253 e. The highest BCUT2D eigenvalue weighted by Crippen LogP contribution is 2.38. The van der Waals surface area contributed by atoms with E-state index in [0.29, 0.717) is 44.0 Å². The summed E-state index contributed by atoms with van der Waals surface area (Å²) >= 11 is 0. The van der Waals surface area contributed by atoms with Crippen molar-refractivity contribution in [3.05, 3.63) is 65.5 Å². The SMILES string of the molecule is CC(C)C[C@H]1COc2ccccc2CCCCCC2(CCN(C(=O)c3cccc(F)c3)CC2)C(=O)N1. The summed E-state index contributed by atoms with van der Waals surface area (Å²) < 4.78 is 19.9. The van der Waals surface area contributed by atoms with Gasteiger partial charge in [-0.1, -0.05) is 51.0 Å². The minimum Gasteiger partial charge on any atom is -0.491 e. The van der Waals surface area contributed by atoms with Gasteiger partial charge in [0, 0.05) is 18.7 Å². The normalized spacial score (nSPS) is 20.9. The summed E-state index contributed by atoms with van der Waals surface area (Å²) in [6, 6.07) is 14.0. The number of fused-ring (bicyclic) bond motifs is 1. The number of aryl methyl sites for hydroxylation is 1. The van der Waals surface area contributed by atoms with Gasteiger partial charge < -0.3 is 15.0 Å². The number of para-hydroxylation sites is 1. The van der Waals surface area contributed by atoms with E-state index in [1.807, 2.05) is 12.1 Å². The Bertz CT molecular complexity index is 1050. The predicted molar refractivity (Wildman–Crippen MR) is 139 cm³/mol. The Labute approximate surface area is 214 Å². The van der Waals surface area contributed by atoms with E-state index < -0.39 is 11.2 Å². The van der Waals surface area contributed by atoms with Crippen molar-refractivity contribution >= 4 is 11.8 Å². The van der Waals surface area contributed by atoms with Gasteiger partial charge in [0.1, 0.15) is 18.2 Å². The minimum absolute atomic E-state index is 0.0739. The average Bonchev–Trinajstić information content (AvgIpc) is 2.87. The van der Waals surface area contributed by atoms with E-state index in [4.69, 9.17) is 4.74 Å². The molecule has 2 heterocycles. The molecule has 0 aromatic heterocycles. The van der Waals surface area contributed by atoms with Crippen LogP contribution < -0.4 is 10.1 Å². The maximum absolute atomic E-state index is 13.8. The Kier molecular flexibility index (Phi) is 8.65. The van der Waals surface area contributed by atoms with Gasteiger partial charge in [-0.3, -0.25) is 9.59 Å². The molecule has 4 rings (SSSR count). The second kappa shape index (κ2) is 11.9. The van der Waals surface area contributed by atoms with Gasteiger partial charge in [0.05, 0.1) is 11.5 Å². The number of rotatable bonds is 3. The number of nitrogens with zero attached hydrogens (tertiary/aromatic N) is 1. The molecule has 6 heteroatoms. The summed E-state index contributed by atoms with van der Waals surface area (Å²) in [6.45, 7) is 5.77. The molecule has 2 aliphatic rings. The average molecular weight is 495 g/mol. The fraction of sp³-hybridized carbons (Fsp3) is 0.533. The van der Waals surface area contributed by atoms with Crippen LogP contribution in [0.15, 0.2) is 48.5 Å². The number of nitrogens with one attached hydrogen (secondary N) is 1. The molecule has 5 nitrogen and oxygen atoms in total. The zero-order valence-corrected chi connectivity index (χ0v) is 21.6. The molecule has 36 heavy (non-hydrogen) atoms. The fourth-order valence-corrected chi connectivity index (χ4v) is 5.61. The van der Waals surface area contributed by atoms with Gasteiger partial charge in [-0.2, -0.15) is 0 Å². The fourth-order valence-electron chi connectivity index (χ4n) is 5.61. The van der Waals surface area contributed by atoms with Crippen LogP contribution in [0, 0.1) is 17.2 Å². The summed E-state index contributed by atoms with van der Waals surface area (Å²) in [4.78, 5) is 28.5. The lowest BCUT2D eigenvalue weighted by Gasteiger charge is -2.41. The van der Waals surface area contributed by atoms with Crippen molar-refractivity contribution in [1.82, 2.24) is 10.2 Å². The zero-order chi connectivity index (χ0) is 25.5. The number of likely N-dealkylation sites (tertiary alicyclic amines) is 1. The summed E-state index contributed by atoms with van der Waals surface area (Å²) in [6.07, 6.45) is 6.94. The van der Waals surface area contributed by atoms with Crippen molar-refractivity contribution < 1.29 is 18.7 Å². The molecule has 0 bridgehead atoms. The lowest BCUT2D eigenvalue weighted by molar-refractivity contribution is -0.135. The van der Waals surface area contributed by atoms with E-state index in [1.165, 1.54) is 17.7 Å². The summed E-state index contributed by atoms with van der Waals surface area (Å²) in [5.41, 5.74) is 1.10. The molecular formula is C30H39FN2O3. The molecule has 1 fully saturated rings. The van der Waals surface area contributed by atoms with Crippen molar-refractivity contribution in [2.75, 3.05) is 19.7 Å². The Morgan fingerprint density at radius 2 is 1.86 bits per heavy atom. The van der Waals surface area contributed by atoms with Gasteiger partial charge in [-0.05, 0) is 74.3 Å². The van der Waals surface area contributed by atoms with Crippen molar-refractivity contribution in [1.29, 1.82) is 0 Å². The summed E-state index contributed by atoms with van der Waals surface area (Å²) in [5, 5.41) is 3.34. The number of hydrogen-bond donors (Lipinski definition) is 1. The molecule has 1 atom stereocenters. The third-order valence-corrected chi connectivity index (χ3v) is 7.67. The van der Waals surface area contributed by atoms with E-state index in [0.717, 1.165) is 44.3 Å². The Balaban J connectivity index is 1.49. The van der Waals surface area contributed by atoms with Gasteiger partial charge in [0.15, 0.2) is 0 Å². The van der Waals surface area contributed by atoms with Crippen LogP contribution in [0.3, 0.4) is 0 Å². The summed E-state index contributed by atoms with van der Waals surface area (Å²) in [7, 11) is 0. The molecule has 0 unspecified atom stereocenters. The molecule has 1 spiro atoms. The van der Waals surface area contributed by atoms with Crippen LogP contribution in [0.2, 0.25) is 0 Å². The topological polar surface area (TPSA) is 58.6 Å². The standard InChI is InChI=1S/C30H39FN2O3/c1-22(2)19-26-21-36-27-13-6-5-10-23(27)9-4-3-7-14-30(29(35)32-26)15-17-33(18-16-30)28(34)24-11-8-12-25(31)20-24/h5-6,8,10-13,20,22,26H,3-4,7,9,14-19,21H2,1-2H3,(H,32,35)/t26-/m0/s1. The molecule has 0 radical (unpaired) electrons. The van der Waals surface area contributed by atoms with Crippen molar-refractivity contribution in [3.63, 3.8) is 0 Å². The minimum atomic E-state index is -0.491. The monoisotopic (exact) mass is 494 g/mol. The van der Waals surface area contributed by atoms with E-state index in [2.05, 4.69) is 31.3 Å². The van der Waals surface area contributed by atoms with Crippen LogP contribution in [0.25, 0.3) is 0 Å². The largest absolute Gasteiger partial charge is 0.491 e. The molecule has 0 aliphatic carbocycles.